The smallest absolute Gasteiger partial charge is 0.382 e. The molecule has 1 atom stereocenters. The fourth-order valence-electron chi connectivity index (χ4n) is 3.88. The maximum Gasteiger partial charge on any atom is 1.00 e. The maximum absolute atomic E-state index is 12.3. The number of hydrogen-bond donors (Lipinski definition) is 1. The number of benzene rings is 1. The van der Waals surface area contributed by atoms with Gasteiger partial charge in [0, 0.05) is 30.8 Å². The number of aryl methyl sites for hydroxylation is 1. The van der Waals surface area contributed by atoms with Crippen LogP contribution in [-0.2, 0) is 4.79 Å². The SMILES string of the molecule is Cc1cc(-c2cccc(-c3cc(C4CCN(C)C4=O)on3)c2)nc2c(N)ncnc12.[CH3-].[Cs+]. The number of rotatable bonds is 3. The van der Waals surface area contributed by atoms with E-state index in [1.54, 1.807) is 11.9 Å². The van der Waals surface area contributed by atoms with Crippen LogP contribution in [0.3, 0.4) is 0 Å². The van der Waals surface area contributed by atoms with Crippen LogP contribution in [-0.4, -0.2) is 44.5 Å². The van der Waals surface area contributed by atoms with E-state index in [0.717, 1.165) is 40.9 Å². The van der Waals surface area contributed by atoms with Gasteiger partial charge in [-0.25, -0.2) is 15.0 Å². The van der Waals surface area contributed by atoms with Crippen molar-refractivity contribution in [1.29, 1.82) is 0 Å². The second-order valence-corrected chi connectivity index (χ2v) is 7.58. The summed E-state index contributed by atoms with van der Waals surface area (Å²) in [5.41, 5.74) is 11.6. The van der Waals surface area contributed by atoms with Gasteiger partial charge in [0.05, 0.1) is 11.2 Å². The van der Waals surface area contributed by atoms with Crippen molar-refractivity contribution in [1.82, 2.24) is 25.0 Å². The van der Waals surface area contributed by atoms with Gasteiger partial charge in [0.15, 0.2) is 5.82 Å². The molecule has 0 aliphatic carbocycles. The molecule has 1 unspecified atom stereocenters. The first-order valence-electron chi connectivity index (χ1n) is 9.71. The van der Waals surface area contributed by atoms with E-state index in [-0.39, 0.29) is 88.1 Å². The molecule has 0 spiro atoms. The Bertz CT molecular complexity index is 1290. The summed E-state index contributed by atoms with van der Waals surface area (Å²) in [6, 6.07) is 11.7. The summed E-state index contributed by atoms with van der Waals surface area (Å²) in [5.74, 6) is 0.775. The number of likely N-dealkylation sites (N-methyl/N-ethyl adjacent to an activating group) is 1. The number of pyridine rings is 1. The largest absolute Gasteiger partial charge is 1.00 e. The number of hydrogen-bond acceptors (Lipinski definition) is 7. The number of aromatic nitrogens is 4. The molecule has 3 aromatic heterocycles. The quantitative estimate of drug-likeness (QED) is 0.374. The van der Waals surface area contributed by atoms with Crippen molar-refractivity contribution in [2.75, 3.05) is 19.3 Å². The summed E-state index contributed by atoms with van der Waals surface area (Å²) in [6.45, 7) is 2.71. The second kappa shape index (κ2) is 10.0. The summed E-state index contributed by atoms with van der Waals surface area (Å²) in [5, 5.41) is 4.20. The van der Waals surface area contributed by atoms with Gasteiger partial charge in [-0.3, -0.25) is 4.79 Å². The third-order valence-electron chi connectivity index (χ3n) is 5.56. The molecule has 4 heterocycles. The van der Waals surface area contributed by atoms with Gasteiger partial charge in [0.1, 0.15) is 29.2 Å². The number of carbonyl (C=O) groups is 1. The first-order chi connectivity index (χ1) is 14.5. The van der Waals surface area contributed by atoms with Crippen LogP contribution in [0.5, 0.6) is 0 Å². The summed E-state index contributed by atoms with van der Waals surface area (Å²) in [6.07, 6.45) is 2.19. The summed E-state index contributed by atoms with van der Waals surface area (Å²) >= 11 is 0. The first-order valence-corrected chi connectivity index (χ1v) is 9.71. The first kappa shape index (κ1) is 24.9. The number of nitrogen functional groups attached to an aromatic ring is 1. The molecule has 1 aliphatic heterocycles. The van der Waals surface area contributed by atoms with Crippen LogP contribution in [0.25, 0.3) is 33.5 Å². The zero-order chi connectivity index (χ0) is 20.8. The monoisotopic (exact) mass is 548 g/mol. The van der Waals surface area contributed by atoms with E-state index >= 15 is 0 Å². The zero-order valence-corrected chi connectivity index (χ0v) is 24.9. The maximum atomic E-state index is 12.3. The molecular formula is C23H23CsN6O2. The van der Waals surface area contributed by atoms with Gasteiger partial charge in [-0.15, -0.1) is 0 Å². The molecule has 158 valence electrons. The van der Waals surface area contributed by atoms with Gasteiger partial charge < -0.3 is 22.6 Å². The molecule has 5 rings (SSSR count). The number of likely N-dealkylation sites (tertiary alicyclic amines) is 1. The minimum absolute atomic E-state index is 0. The second-order valence-electron chi connectivity index (χ2n) is 7.58. The van der Waals surface area contributed by atoms with Crippen LogP contribution >= 0.6 is 0 Å². The average Bonchev–Trinajstić information content (AvgIpc) is 3.36. The van der Waals surface area contributed by atoms with Crippen molar-refractivity contribution in [2.24, 2.45) is 0 Å². The van der Waals surface area contributed by atoms with Crippen molar-refractivity contribution in [3.05, 3.63) is 61.5 Å². The van der Waals surface area contributed by atoms with Gasteiger partial charge in [0.25, 0.3) is 0 Å². The predicted molar refractivity (Wildman–Crippen MR) is 119 cm³/mol. The Morgan fingerprint density at radius 3 is 2.56 bits per heavy atom. The minimum Gasteiger partial charge on any atom is -0.382 e. The van der Waals surface area contributed by atoms with E-state index in [9.17, 15) is 4.79 Å². The Balaban J connectivity index is 0.00000144. The van der Waals surface area contributed by atoms with Crippen LogP contribution < -0.4 is 74.6 Å². The van der Waals surface area contributed by atoms with Gasteiger partial charge in [-0.1, -0.05) is 23.4 Å². The van der Waals surface area contributed by atoms with Gasteiger partial charge >= 0.3 is 68.9 Å². The number of nitrogens with two attached hydrogens (primary N) is 1. The van der Waals surface area contributed by atoms with E-state index in [2.05, 4.69) is 20.1 Å². The Morgan fingerprint density at radius 2 is 1.84 bits per heavy atom. The predicted octanol–water partition coefficient (Wildman–Crippen LogP) is 0.637. The normalized spacial score (nSPS) is 15.5. The number of amides is 1. The molecule has 1 aliphatic rings. The molecule has 1 saturated heterocycles. The Labute approximate surface area is 245 Å². The van der Waals surface area contributed by atoms with Crippen molar-refractivity contribution in [3.63, 3.8) is 0 Å². The summed E-state index contributed by atoms with van der Waals surface area (Å²) in [4.78, 5) is 27.0. The average molecular weight is 548 g/mol. The molecule has 1 amide bonds. The molecule has 0 radical (unpaired) electrons. The van der Waals surface area contributed by atoms with Crippen LogP contribution in [0, 0.1) is 14.4 Å². The Kier molecular flexibility index (Phi) is 7.79. The summed E-state index contributed by atoms with van der Waals surface area (Å²) < 4.78 is 5.51. The molecule has 2 N–H and O–H groups in total. The van der Waals surface area contributed by atoms with Gasteiger partial charge in [-0.05, 0) is 31.0 Å². The van der Waals surface area contributed by atoms with Crippen LogP contribution in [0.4, 0.5) is 5.82 Å². The van der Waals surface area contributed by atoms with Crippen LogP contribution in [0.2, 0.25) is 0 Å². The molecule has 1 fully saturated rings. The molecule has 0 bridgehead atoms. The van der Waals surface area contributed by atoms with Crippen LogP contribution in [0.1, 0.15) is 23.7 Å². The molecule has 8 nitrogen and oxygen atoms in total. The van der Waals surface area contributed by atoms with Crippen molar-refractivity contribution in [2.45, 2.75) is 19.3 Å². The topological polar surface area (TPSA) is 111 Å². The van der Waals surface area contributed by atoms with Crippen LogP contribution in [0.15, 0.2) is 47.2 Å². The number of carbonyl (C=O) groups excluding carboxylic acids is 1. The van der Waals surface area contributed by atoms with E-state index in [4.69, 9.17) is 10.3 Å². The number of fused-ring (bicyclic) bond motifs is 1. The molecule has 0 saturated carbocycles. The Morgan fingerprint density at radius 1 is 1.09 bits per heavy atom. The molecule has 4 aromatic rings. The third kappa shape index (κ3) is 4.50. The minimum atomic E-state index is -0.257. The molecule has 32 heavy (non-hydrogen) atoms. The van der Waals surface area contributed by atoms with E-state index in [1.165, 1.54) is 6.33 Å². The Hall–Kier alpha value is -1.76. The standard InChI is InChI=1S/C22H20N6O2.CH3.Cs/c1-12-8-16(26-20-19(12)24-11-25-21(20)23)13-4-3-5-14(9-13)17-10-18(30-27-17)15-6-7-28(2)22(15)29;;/h3-5,8-11,15H,6-7H2,1-2H3,(H2,23,24,25);1H3;/q;-1;+1. The fraction of sp³-hybridized carbons (Fsp3) is 0.217. The zero-order valence-electron chi connectivity index (χ0n) is 18.7. The third-order valence-corrected chi connectivity index (χ3v) is 5.56. The van der Waals surface area contributed by atoms with Gasteiger partial charge in [-0.2, -0.15) is 0 Å². The van der Waals surface area contributed by atoms with Gasteiger partial charge in [0.2, 0.25) is 5.91 Å². The van der Waals surface area contributed by atoms with Crippen molar-refractivity contribution < 1.29 is 78.2 Å². The summed E-state index contributed by atoms with van der Waals surface area (Å²) in [7, 11) is 1.80. The molecular weight excluding hydrogens is 525 g/mol. The number of nitrogens with zero attached hydrogens (tertiary/aromatic N) is 5. The number of anilines is 1. The van der Waals surface area contributed by atoms with Crippen molar-refractivity contribution in [3.8, 4) is 22.5 Å². The van der Waals surface area contributed by atoms with Crippen molar-refractivity contribution >= 4 is 22.8 Å². The fourth-order valence-corrected chi connectivity index (χ4v) is 3.88. The van der Waals surface area contributed by atoms with E-state index in [0.29, 0.717) is 22.8 Å². The molecule has 9 heteroatoms. The van der Waals surface area contributed by atoms with E-state index in [1.807, 2.05) is 43.3 Å². The molecule has 1 aromatic carbocycles. The van der Waals surface area contributed by atoms with E-state index < -0.39 is 0 Å².